The Kier molecular flexibility index (Phi) is 4.03. The van der Waals surface area contributed by atoms with Crippen LogP contribution in [-0.4, -0.2) is 12.1 Å². The zero-order valence-electron chi connectivity index (χ0n) is 9.32. The number of aryl methyl sites for hydroxylation is 1. The molecule has 0 atom stereocenters. The van der Waals surface area contributed by atoms with Crippen LogP contribution >= 0.6 is 0 Å². The van der Waals surface area contributed by atoms with E-state index < -0.39 is 0 Å². The predicted molar refractivity (Wildman–Crippen MR) is 61.8 cm³/mol. The Morgan fingerprint density at radius 1 is 1.33 bits per heavy atom. The number of hydrazone groups is 1. The fourth-order valence-corrected chi connectivity index (χ4v) is 0.952. The topological polar surface area (TPSA) is 41.5 Å². The van der Waals surface area contributed by atoms with E-state index in [0.717, 1.165) is 5.56 Å². The summed E-state index contributed by atoms with van der Waals surface area (Å²) in [5.41, 5.74) is 4.66. The first-order valence-corrected chi connectivity index (χ1v) is 4.99. The number of rotatable bonds is 3. The fraction of sp³-hybridized carbons (Fsp3) is 0.333. The lowest BCUT2D eigenvalue weighted by Gasteiger charge is -2.01. The van der Waals surface area contributed by atoms with Crippen molar-refractivity contribution in [1.82, 2.24) is 5.43 Å². The number of nitrogens with one attached hydrogen (secondary N) is 1. The average Bonchev–Trinajstić information content (AvgIpc) is 2.20. The predicted octanol–water partition coefficient (Wildman–Crippen LogP) is 2.10. The van der Waals surface area contributed by atoms with Crippen molar-refractivity contribution < 1.29 is 4.79 Å². The van der Waals surface area contributed by atoms with Gasteiger partial charge in [-0.15, -0.1) is 0 Å². The largest absolute Gasteiger partial charge is 0.273 e. The molecule has 0 saturated carbocycles. The van der Waals surface area contributed by atoms with E-state index >= 15 is 0 Å². The third kappa shape index (κ3) is 3.94. The van der Waals surface area contributed by atoms with Crippen LogP contribution in [0.25, 0.3) is 0 Å². The van der Waals surface area contributed by atoms with E-state index in [2.05, 4.69) is 10.5 Å². The monoisotopic (exact) mass is 204 g/mol. The highest BCUT2D eigenvalue weighted by atomic mass is 16.2. The van der Waals surface area contributed by atoms with Crippen LogP contribution in [0.5, 0.6) is 0 Å². The maximum Gasteiger partial charge on any atom is 0.242 e. The van der Waals surface area contributed by atoms with Gasteiger partial charge in [0, 0.05) is 5.92 Å². The molecule has 1 aromatic rings. The molecule has 0 heterocycles. The van der Waals surface area contributed by atoms with Crippen LogP contribution in [0, 0.1) is 12.8 Å². The van der Waals surface area contributed by atoms with Gasteiger partial charge in [0.2, 0.25) is 5.91 Å². The molecule has 0 radical (unpaired) electrons. The van der Waals surface area contributed by atoms with Gasteiger partial charge in [0.15, 0.2) is 0 Å². The molecular formula is C12H16N2O. The number of nitrogens with zero attached hydrogens (tertiary/aromatic N) is 1. The number of hydrogen-bond acceptors (Lipinski definition) is 2. The number of benzene rings is 1. The van der Waals surface area contributed by atoms with E-state index in [9.17, 15) is 4.79 Å². The molecule has 0 unspecified atom stereocenters. The second-order valence-electron chi connectivity index (χ2n) is 3.80. The molecule has 0 bridgehead atoms. The van der Waals surface area contributed by atoms with Crippen molar-refractivity contribution in [2.75, 3.05) is 0 Å². The van der Waals surface area contributed by atoms with E-state index in [1.165, 1.54) is 5.56 Å². The molecule has 0 aromatic heterocycles. The first-order chi connectivity index (χ1) is 7.09. The highest BCUT2D eigenvalue weighted by Gasteiger charge is 2.03. The SMILES string of the molecule is Cc1ccc(/C=N\NC(=O)C(C)C)cc1. The van der Waals surface area contributed by atoms with Crippen molar-refractivity contribution >= 4 is 12.1 Å². The van der Waals surface area contributed by atoms with Gasteiger partial charge in [-0.05, 0) is 12.5 Å². The molecule has 0 spiro atoms. The molecule has 0 saturated heterocycles. The Balaban J connectivity index is 2.51. The second-order valence-corrected chi connectivity index (χ2v) is 3.80. The zero-order valence-corrected chi connectivity index (χ0v) is 9.32. The van der Waals surface area contributed by atoms with Gasteiger partial charge in [-0.1, -0.05) is 43.7 Å². The standard InChI is InChI=1S/C12H16N2O/c1-9(2)12(15)14-13-8-11-6-4-10(3)5-7-11/h4-9H,1-3H3,(H,14,15)/b13-8-. The van der Waals surface area contributed by atoms with Gasteiger partial charge in [-0.2, -0.15) is 5.10 Å². The molecular weight excluding hydrogens is 188 g/mol. The molecule has 0 aliphatic rings. The smallest absolute Gasteiger partial charge is 0.242 e. The lowest BCUT2D eigenvalue weighted by Crippen LogP contribution is -2.22. The highest BCUT2D eigenvalue weighted by molar-refractivity contribution is 5.83. The van der Waals surface area contributed by atoms with E-state index in [-0.39, 0.29) is 11.8 Å². The summed E-state index contributed by atoms with van der Waals surface area (Å²) in [6.45, 7) is 5.69. The van der Waals surface area contributed by atoms with Crippen LogP contribution in [0.3, 0.4) is 0 Å². The summed E-state index contributed by atoms with van der Waals surface area (Å²) in [5.74, 6) is -0.112. The van der Waals surface area contributed by atoms with E-state index in [1.807, 2.05) is 45.0 Å². The van der Waals surface area contributed by atoms with Gasteiger partial charge in [-0.3, -0.25) is 4.79 Å². The van der Waals surface area contributed by atoms with Crippen molar-refractivity contribution in [3.63, 3.8) is 0 Å². The number of hydrogen-bond donors (Lipinski definition) is 1. The average molecular weight is 204 g/mol. The number of amides is 1. The molecule has 1 rings (SSSR count). The summed E-state index contributed by atoms with van der Waals surface area (Å²) >= 11 is 0. The molecule has 80 valence electrons. The van der Waals surface area contributed by atoms with Crippen molar-refractivity contribution in [3.8, 4) is 0 Å². The van der Waals surface area contributed by atoms with Gasteiger partial charge in [0.25, 0.3) is 0 Å². The Hall–Kier alpha value is -1.64. The van der Waals surface area contributed by atoms with E-state index in [0.29, 0.717) is 0 Å². The molecule has 15 heavy (non-hydrogen) atoms. The third-order valence-electron chi connectivity index (χ3n) is 1.99. The first-order valence-electron chi connectivity index (χ1n) is 4.99. The molecule has 0 aliphatic carbocycles. The molecule has 1 amide bonds. The minimum absolute atomic E-state index is 0.0415. The van der Waals surface area contributed by atoms with Gasteiger partial charge in [-0.25, -0.2) is 5.43 Å². The van der Waals surface area contributed by atoms with Crippen LogP contribution in [-0.2, 0) is 4.79 Å². The highest BCUT2D eigenvalue weighted by Crippen LogP contribution is 1.99. The van der Waals surface area contributed by atoms with Crippen molar-refractivity contribution in [2.45, 2.75) is 20.8 Å². The Morgan fingerprint density at radius 3 is 2.47 bits per heavy atom. The summed E-state index contributed by atoms with van der Waals surface area (Å²) in [4.78, 5) is 11.2. The van der Waals surface area contributed by atoms with Crippen LogP contribution in [0.1, 0.15) is 25.0 Å². The van der Waals surface area contributed by atoms with Gasteiger partial charge in [0.1, 0.15) is 0 Å². The van der Waals surface area contributed by atoms with Crippen molar-refractivity contribution in [2.24, 2.45) is 11.0 Å². The molecule has 0 fully saturated rings. The van der Waals surface area contributed by atoms with Crippen LogP contribution < -0.4 is 5.43 Å². The van der Waals surface area contributed by atoms with Gasteiger partial charge < -0.3 is 0 Å². The Labute approximate surface area is 90.2 Å². The van der Waals surface area contributed by atoms with Crippen LogP contribution in [0.2, 0.25) is 0 Å². The summed E-state index contributed by atoms with van der Waals surface area (Å²) in [7, 11) is 0. The maximum absolute atomic E-state index is 11.2. The molecule has 1 N–H and O–H groups in total. The molecule has 0 aliphatic heterocycles. The van der Waals surface area contributed by atoms with E-state index in [4.69, 9.17) is 0 Å². The molecule has 1 aromatic carbocycles. The Bertz CT molecular complexity index is 352. The lowest BCUT2D eigenvalue weighted by molar-refractivity contribution is -0.123. The van der Waals surface area contributed by atoms with Gasteiger partial charge >= 0.3 is 0 Å². The summed E-state index contributed by atoms with van der Waals surface area (Å²) in [6.07, 6.45) is 1.64. The number of carbonyl (C=O) groups excluding carboxylic acids is 1. The number of carbonyl (C=O) groups is 1. The van der Waals surface area contributed by atoms with Crippen molar-refractivity contribution in [1.29, 1.82) is 0 Å². The third-order valence-corrected chi connectivity index (χ3v) is 1.99. The fourth-order valence-electron chi connectivity index (χ4n) is 0.952. The zero-order chi connectivity index (χ0) is 11.3. The minimum atomic E-state index is -0.0710. The summed E-state index contributed by atoms with van der Waals surface area (Å²) in [6, 6.07) is 7.93. The maximum atomic E-state index is 11.2. The summed E-state index contributed by atoms with van der Waals surface area (Å²) in [5, 5.41) is 3.87. The van der Waals surface area contributed by atoms with Crippen LogP contribution in [0.4, 0.5) is 0 Å². The molecule has 3 heteroatoms. The molecule has 3 nitrogen and oxygen atoms in total. The minimum Gasteiger partial charge on any atom is -0.273 e. The quantitative estimate of drug-likeness (QED) is 0.594. The Morgan fingerprint density at radius 2 is 1.93 bits per heavy atom. The second kappa shape index (κ2) is 5.29. The first kappa shape index (κ1) is 11.4. The van der Waals surface area contributed by atoms with Crippen molar-refractivity contribution in [3.05, 3.63) is 35.4 Å². The van der Waals surface area contributed by atoms with Gasteiger partial charge in [0.05, 0.1) is 6.21 Å². The lowest BCUT2D eigenvalue weighted by atomic mass is 10.2. The summed E-state index contributed by atoms with van der Waals surface area (Å²) < 4.78 is 0. The van der Waals surface area contributed by atoms with Crippen LogP contribution in [0.15, 0.2) is 29.4 Å². The van der Waals surface area contributed by atoms with E-state index in [1.54, 1.807) is 6.21 Å². The normalized spacial score (nSPS) is 10.9.